The fourth-order valence-corrected chi connectivity index (χ4v) is 2.99. The van der Waals surface area contributed by atoms with Crippen molar-refractivity contribution in [2.75, 3.05) is 5.75 Å². The first kappa shape index (κ1) is 13.4. The van der Waals surface area contributed by atoms with Crippen LogP contribution in [-0.4, -0.2) is 22.6 Å². The fourth-order valence-electron chi connectivity index (χ4n) is 1.82. The highest BCUT2D eigenvalue weighted by Gasteiger charge is 2.28. The first-order chi connectivity index (χ1) is 7.42. The number of hydrogen-bond donors (Lipinski definition) is 0. The van der Waals surface area contributed by atoms with Gasteiger partial charge in [0.25, 0.3) is 0 Å². The molecule has 90 valence electrons. The Hall–Kier alpha value is -0.690. The van der Waals surface area contributed by atoms with E-state index in [-0.39, 0.29) is 11.9 Å². The number of esters is 1. The molecule has 2 unspecified atom stereocenters. The molecule has 0 heterocycles. The lowest BCUT2D eigenvalue weighted by atomic mass is 10.1. The Balaban J connectivity index is 2.30. The van der Waals surface area contributed by atoms with E-state index in [4.69, 9.17) is 10.00 Å². The Kier molecular flexibility index (Phi) is 4.67. The highest BCUT2D eigenvalue weighted by atomic mass is 32.2. The zero-order chi connectivity index (χ0) is 12.2. The Morgan fingerprint density at radius 2 is 2.19 bits per heavy atom. The molecule has 4 heteroatoms. The molecule has 0 aromatic heterocycles. The molecule has 1 rings (SSSR count). The van der Waals surface area contributed by atoms with Gasteiger partial charge in [-0.15, -0.1) is 11.8 Å². The van der Waals surface area contributed by atoms with Crippen LogP contribution in [0.3, 0.4) is 0 Å². The predicted octanol–water partition coefficient (Wildman–Crippen LogP) is 2.75. The van der Waals surface area contributed by atoms with E-state index < -0.39 is 5.60 Å². The van der Waals surface area contributed by atoms with Crippen LogP contribution in [0, 0.1) is 17.2 Å². The van der Waals surface area contributed by atoms with Crippen LogP contribution in [0.1, 0.15) is 40.0 Å². The Morgan fingerprint density at radius 3 is 2.75 bits per heavy atom. The van der Waals surface area contributed by atoms with Crippen LogP contribution < -0.4 is 0 Å². The van der Waals surface area contributed by atoms with Gasteiger partial charge < -0.3 is 4.74 Å². The van der Waals surface area contributed by atoms with Gasteiger partial charge in [0.2, 0.25) is 0 Å². The number of carbonyl (C=O) groups is 1. The highest BCUT2D eigenvalue weighted by molar-refractivity contribution is 8.00. The zero-order valence-corrected chi connectivity index (χ0v) is 11.0. The summed E-state index contributed by atoms with van der Waals surface area (Å²) in [7, 11) is 0. The van der Waals surface area contributed by atoms with E-state index in [1.807, 2.05) is 20.8 Å². The number of nitriles is 1. The van der Waals surface area contributed by atoms with Gasteiger partial charge in [0.05, 0.1) is 17.7 Å². The zero-order valence-electron chi connectivity index (χ0n) is 10.2. The van der Waals surface area contributed by atoms with Crippen molar-refractivity contribution in [3.05, 3.63) is 0 Å². The van der Waals surface area contributed by atoms with Gasteiger partial charge in [0.15, 0.2) is 0 Å². The van der Waals surface area contributed by atoms with Crippen molar-refractivity contribution < 1.29 is 9.53 Å². The first-order valence-corrected chi connectivity index (χ1v) is 6.70. The Labute approximate surface area is 102 Å². The minimum atomic E-state index is -0.415. The molecule has 1 aliphatic carbocycles. The molecule has 0 aromatic carbocycles. The maximum absolute atomic E-state index is 11.5. The SMILES string of the molecule is CC(C)(C)OC(=O)CSC1CCCC1C#N. The standard InChI is InChI=1S/C12H19NO2S/c1-12(2,3)15-11(14)8-16-10-6-4-5-9(10)7-13/h9-10H,4-6,8H2,1-3H3. The van der Waals surface area contributed by atoms with E-state index in [1.54, 1.807) is 11.8 Å². The van der Waals surface area contributed by atoms with Crippen LogP contribution in [0.2, 0.25) is 0 Å². The quantitative estimate of drug-likeness (QED) is 0.713. The van der Waals surface area contributed by atoms with Crippen LogP contribution in [-0.2, 0) is 9.53 Å². The van der Waals surface area contributed by atoms with Crippen molar-refractivity contribution in [3.63, 3.8) is 0 Å². The van der Waals surface area contributed by atoms with Gasteiger partial charge in [-0.05, 0) is 33.6 Å². The molecule has 16 heavy (non-hydrogen) atoms. The average Bonchev–Trinajstić information content (AvgIpc) is 2.59. The first-order valence-electron chi connectivity index (χ1n) is 5.65. The lowest BCUT2D eigenvalue weighted by molar-refractivity contribution is -0.151. The topological polar surface area (TPSA) is 50.1 Å². The number of hydrogen-bond acceptors (Lipinski definition) is 4. The fraction of sp³-hybridized carbons (Fsp3) is 0.833. The minimum absolute atomic E-state index is 0.118. The highest BCUT2D eigenvalue weighted by Crippen LogP contribution is 2.34. The summed E-state index contributed by atoms with van der Waals surface area (Å²) in [5, 5.41) is 9.23. The van der Waals surface area contributed by atoms with Crippen LogP contribution >= 0.6 is 11.8 Å². The lowest BCUT2D eigenvalue weighted by Gasteiger charge is -2.20. The number of thioether (sulfide) groups is 1. The molecule has 0 N–H and O–H groups in total. The summed E-state index contributed by atoms with van der Waals surface area (Å²) in [4.78, 5) is 11.5. The average molecular weight is 241 g/mol. The number of ether oxygens (including phenoxy) is 1. The largest absolute Gasteiger partial charge is 0.459 e. The third kappa shape index (κ3) is 4.44. The van der Waals surface area contributed by atoms with Crippen molar-refractivity contribution in [1.82, 2.24) is 0 Å². The molecule has 0 saturated heterocycles. The third-order valence-electron chi connectivity index (χ3n) is 2.45. The summed E-state index contributed by atoms with van der Waals surface area (Å²) in [6, 6.07) is 2.31. The van der Waals surface area contributed by atoms with Crippen LogP contribution in [0.25, 0.3) is 0 Å². The van der Waals surface area contributed by atoms with E-state index >= 15 is 0 Å². The monoisotopic (exact) mass is 241 g/mol. The van der Waals surface area contributed by atoms with E-state index in [2.05, 4.69) is 6.07 Å². The van der Waals surface area contributed by atoms with Gasteiger partial charge in [-0.2, -0.15) is 5.26 Å². The summed E-state index contributed by atoms with van der Waals surface area (Å²) < 4.78 is 5.22. The van der Waals surface area contributed by atoms with Gasteiger partial charge in [-0.25, -0.2) is 0 Å². The lowest BCUT2D eigenvalue weighted by Crippen LogP contribution is -2.25. The number of rotatable bonds is 3. The van der Waals surface area contributed by atoms with Crippen molar-refractivity contribution >= 4 is 17.7 Å². The van der Waals surface area contributed by atoms with Gasteiger partial charge in [-0.3, -0.25) is 4.79 Å². The van der Waals surface area contributed by atoms with Crippen LogP contribution in [0.15, 0.2) is 0 Å². The van der Waals surface area contributed by atoms with Crippen molar-refractivity contribution in [1.29, 1.82) is 5.26 Å². The van der Waals surface area contributed by atoms with Gasteiger partial charge in [-0.1, -0.05) is 6.42 Å². The smallest absolute Gasteiger partial charge is 0.316 e. The van der Waals surface area contributed by atoms with Crippen molar-refractivity contribution in [3.8, 4) is 6.07 Å². The molecule has 3 nitrogen and oxygen atoms in total. The summed E-state index contributed by atoms with van der Waals surface area (Å²) in [5.41, 5.74) is -0.415. The van der Waals surface area contributed by atoms with E-state index in [0.717, 1.165) is 19.3 Å². The summed E-state index contributed by atoms with van der Waals surface area (Å²) in [5.74, 6) is 0.300. The van der Waals surface area contributed by atoms with E-state index in [1.165, 1.54) is 0 Å². The minimum Gasteiger partial charge on any atom is -0.459 e. The van der Waals surface area contributed by atoms with Gasteiger partial charge in [0, 0.05) is 5.25 Å². The Morgan fingerprint density at radius 1 is 1.50 bits per heavy atom. The molecule has 1 saturated carbocycles. The molecular weight excluding hydrogens is 222 g/mol. The molecule has 0 radical (unpaired) electrons. The Bertz CT molecular complexity index is 290. The number of carbonyl (C=O) groups excluding carboxylic acids is 1. The molecule has 0 amide bonds. The molecule has 1 fully saturated rings. The van der Waals surface area contributed by atoms with Crippen LogP contribution in [0.4, 0.5) is 0 Å². The molecule has 0 bridgehead atoms. The summed E-state index contributed by atoms with van der Waals surface area (Å²) in [6.07, 6.45) is 3.12. The molecule has 0 aliphatic heterocycles. The van der Waals surface area contributed by atoms with Gasteiger partial charge >= 0.3 is 5.97 Å². The molecule has 0 spiro atoms. The van der Waals surface area contributed by atoms with E-state index in [0.29, 0.717) is 11.0 Å². The second-order valence-electron chi connectivity index (χ2n) is 5.10. The molecule has 2 atom stereocenters. The van der Waals surface area contributed by atoms with E-state index in [9.17, 15) is 4.79 Å². The maximum Gasteiger partial charge on any atom is 0.316 e. The van der Waals surface area contributed by atoms with Crippen molar-refractivity contribution in [2.24, 2.45) is 5.92 Å². The second kappa shape index (κ2) is 5.58. The van der Waals surface area contributed by atoms with Crippen molar-refractivity contribution in [2.45, 2.75) is 50.9 Å². The summed E-state index contributed by atoms with van der Waals surface area (Å²) in [6.45, 7) is 5.59. The molecule has 0 aromatic rings. The summed E-state index contributed by atoms with van der Waals surface area (Å²) >= 11 is 1.57. The maximum atomic E-state index is 11.5. The third-order valence-corrected chi connectivity index (χ3v) is 3.85. The van der Waals surface area contributed by atoms with Crippen LogP contribution in [0.5, 0.6) is 0 Å². The predicted molar refractivity (Wildman–Crippen MR) is 65.0 cm³/mol. The van der Waals surface area contributed by atoms with Gasteiger partial charge in [0.1, 0.15) is 5.60 Å². The molecule has 1 aliphatic rings. The number of nitrogens with zero attached hydrogens (tertiary/aromatic N) is 1. The second-order valence-corrected chi connectivity index (χ2v) is 6.33. The molecular formula is C12H19NO2S. The normalized spacial score (nSPS) is 25.1.